The number of carbonyl (C=O) groups excluding carboxylic acids is 1. The second-order valence-electron chi connectivity index (χ2n) is 7.42. The van der Waals surface area contributed by atoms with E-state index in [-0.39, 0.29) is 0 Å². The molecule has 0 bridgehead atoms. The first-order valence-corrected chi connectivity index (χ1v) is 10.2. The van der Waals surface area contributed by atoms with Crippen LogP contribution < -0.4 is 16.2 Å². The van der Waals surface area contributed by atoms with E-state index in [9.17, 15) is 4.79 Å². The average molecular weight is 365 g/mol. The zero-order valence-corrected chi connectivity index (χ0v) is 16.5. The Morgan fingerprint density at radius 3 is 2.20 bits per heavy atom. The molecular weight excluding hydrogens is 332 g/mol. The fraction of sp³-hybridized carbons (Fsp3) is 0.632. The zero-order chi connectivity index (χ0) is 18.4. The third-order valence-corrected chi connectivity index (χ3v) is 5.54. The second kappa shape index (κ2) is 9.46. The van der Waals surface area contributed by atoms with Crippen LogP contribution in [0.4, 0.5) is 10.5 Å². The molecule has 0 spiro atoms. The highest BCUT2D eigenvalue weighted by Gasteiger charge is 2.24. The summed E-state index contributed by atoms with van der Waals surface area (Å²) >= 11 is 1.43. The van der Waals surface area contributed by atoms with Crippen LogP contribution in [0.2, 0.25) is 0 Å². The number of amides is 2. The van der Waals surface area contributed by atoms with Gasteiger partial charge in [-0.3, -0.25) is 5.14 Å². The predicted molar refractivity (Wildman–Crippen MR) is 108 cm³/mol. The molecular formula is C19H32N4OS. The first kappa shape index (κ1) is 20.1. The van der Waals surface area contributed by atoms with Crippen molar-refractivity contribution >= 4 is 23.7 Å². The van der Waals surface area contributed by atoms with E-state index in [1.165, 1.54) is 47.0 Å². The van der Waals surface area contributed by atoms with Gasteiger partial charge >= 0.3 is 6.03 Å². The summed E-state index contributed by atoms with van der Waals surface area (Å²) in [4.78, 5) is 13.3. The molecule has 0 aliphatic heterocycles. The molecule has 1 unspecified atom stereocenters. The molecule has 25 heavy (non-hydrogen) atoms. The molecule has 6 heteroatoms. The fourth-order valence-corrected chi connectivity index (χ4v) is 4.36. The largest absolute Gasteiger partial charge is 0.351 e. The number of urea groups is 1. The lowest BCUT2D eigenvalue weighted by Gasteiger charge is -2.14. The van der Waals surface area contributed by atoms with Crippen LogP contribution in [0.25, 0.3) is 0 Å². The number of hydrogen-bond donors (Lipinski definition) is 3. The Morgan fingerprint density at radius 1 is 1.20 bits per heavy atom. The monoisotopic (exact) mass is 364 g/mol. The maximum absolute atomic E-state index is 11.1. The second-order valence-corrected chi connectivity index (χ2v) is 8.09. The lowest BCUT2D eigenvalue weighted by molar-refractivity contribution is 0.259. The number of nitrogens with zero attached hydrogens (tertiary/aromatic N) is 1. The van der Waals surface area contributed by atoms with Crippen molar-refractivity contribution in [1.82, 2.24) is 4.90 Å². The van der Waals surface area contributed by atoms with E-state index in [2.05, 4.69) is 37.3 Å². The number of primary amides is 1. The zero-order valence-electron chi connectivity index (χ0n) is 15.7. The number of rotatable bonds is 5. The summed E-state index contributed by atoms with van der Waals surface area (Å²) in [5, 5.41) is 8.15. The molecule has 1 aromatic carbocycles. The minimum Gasteiger partial charge on any atom is -0.351 e. The Morgan fingerprint density at radius 2 is 1.76 bits per heavy atom. The lowest BCUT2D eigenvalue weighted by Crippen LogP contribution is -2.21. The van der Waals surface area contributed by atoms with Crippen LogP contribution in [0, 0.1) is 5.92 Å². The van der Waals surface area contributed by atoms with Crippen molar-refractivity contribution in [1.29, 1.82) is 0 Å². The Labute approximate surface area is 156 Å². The summed E-state index contributed by atoms with van der Waals surface area (Å²) < 4.78 is 0. The smallest absolute Gasteiger partial charge is 0.316 e. The first-order chi connectivity index (χ1) is 11.9. The molecule has 1 atom stereocenters. The van der Waals surface area contributed by atoms with Crippen LogP contribution >= 0.6 is 11.9 Å². The third kappa shape index (κ3) is 5.62. The Kier molecular flexibility index (Phi) is 7.59. The highest BCUT2D eigenvalue weighted by Crippen LogP contribution is 2.38. The average Bonchev–Trinajstić information content (AvgIpc) is 3.15. The van der Waals surface area contributed by atoms with E-state index in [0.717, 1.165) is 43.7 Å². The first-order valence-electron chi connectivity index (χ1n) is 9.11. The van der Waals surface area contributed by atoms with E-state index >= 15 is 0 Å². The molecule has 0 aromatic heterocycles. The molecule has 0 heterocycles. The van der Waals surface area contributed by atoms with Crippen LogP contribution in [-0.4, -0.2) is 37.3 Å². The van der Waals surface area contributed by atoms with Crippen LogP contribution in [-0.2, 0) is 25.7 Å². The number of benzene rings is 1. The number of hydrogen-bond acceptors (Lipinski definition) is 4. The SMILES string of the molecule is CC(CSN)CN(C)C.NC(=O)Nc1c2c(cc3c1CCC3)CCC2. The minimum atomic E-state index is -0.436. The molecule has 0 fully saturated rings. The van der Waals surface area contributed by atoms with Crippen LogP contribution in [0.15, 0.2) is 6.07 Å². The van der Waals surface area contributed by atoms with E-state index in [0.29, 0.717) is 5.92 Å². The molecule has 140 valence electrons. The van der Waals surface area contributed by atoms with Gasteiger partial charge in [0, 0.05) is 18.0 Å². The molecule has 3 rings (SSSR count). The molecule has 5 nitrogen and oxygen atoms in total. The van der Waals surface area contributed by atoms with Crippen molar-refractivity contribution in [3.63, 3.8) is 0 Å². The Balaban J connectivity index is 0.000000217. The van der Waals surface area contributed by atoms with Crippen molar-refractivity contribution < 1.29 is 4.79 Å². The van der Waals surface area contributed by atoms with Gasteiger partial charge < -0.3 is 16.0 Å². The van der Waals surface area contributed by atoms with Gasteiger partial charge in [0.25, 0.3) is 0 Å². The number of nitrogens with one attached hydrogen (secondary N) is 1. The molecule has 0 radical (unpaired) electrons. The van der Waals surface area contributed by atoms with Gasteiger partial charge in [-0.25, -0.2) is 4.79 Å². The molecule has 2 aliphatic carbocycles. The van der Waals surface area contributed by atoms with Gasteiger partial charge in [0.15, 0.2) is 0 Å². The third-order valence-electron chi connectivity index (χ3n) is 4.78. The topological polar surface area (TPSA) is 84.4 Å². The predicted octanol–water partition coefficient (Wildman–Crippen LogP) is 2.95. The van der Waals surface area contributed by atoms with Gasteiger partial charge in [-0.2, -0.15) is 0 Å². The number of aryl methyl sites for hydroxylation is 2. The van der Waals surface area contributed by atoms with E-state index in [1.807, 2.05) is 0 Å². The van der Waals surface area contributed by atoms with E-state index in [4.69, 9.17) is 10.9 Å². The van der Waals surface area contributed by atoms with E-state index < -0.39 is 6.03 Å². The van der Waals surface area contributed by atoms with Crippen molar-refractivity contribution in [2.24, 2.45) is 16.8 Å². The van der Waals surface area contributed by atoms with Crippen molar-refractivity contribution in [2.75, 3.05) is 31.7 Å². The summed E-state index contributed by atoms with van der Waals surface area (Å²) in [5.41, 5.74) is 11.8. The van der Waals surface area contributed by atoms with Gasteiger partial charge in [0.05, 0.1) is 0 Å². The Bertz CT molecular complexity index is 571. The summed E-state index contributed by atoms with van der Waals surface area (Å²) in [7, 11) is 4.16. The van der Waals surface area contributed by atoms with Gasteiger partial charge in [-0.15, -0.1) is 0 Å². The molecule has 0 saturated carbocycles. The number of anilines is 1. The van der Waals surface area contributed by atoms with Crippen molar-refractivity contribution in [3.05, 3.63) is 28.3 Å². The molecule has 0 saturated heterocycles. The fourth-order valence-electron chi connectivity index (χ4n) is 3.93. The summed E-state index contributed by atoms with van der Waals surface area (Å²) in [6, 6.07) is 1.91. The Hall–Kier alpha value is -1.24. The van der Waals surface area contributed by atoms with Gasteiger partial charge in [-0.05, 0) is 80.8 Å². The van der Waals surface area contributed by atoms with Crippen LogP contribution in [0.5, 0.6) is 0 Å². The van der Waals surface area contributed by atoms with Gasteiger partial charge in [0.1, 0.15) is 0 Å². The number of nitrogens with two attached hydrogens (primary N) is 2. The summed E-state index contributed by atoms with van der Waals surface area (Å²) in [6.45, 7) is 3.34. The normalized spacial score (nSPS) is 16.0. The molecule has 2 aliphatic rings. The van der Waals surface area contributed by atoms with E-state index in [1.54, 1.807) is 0 Å². The minimum absolute atomic E-state index is 0.436. The molecule has 1 aromatic rings. The van der Waals surface area contributed by atoms with Crippen molar-refractivity contribution in [3.8, 4) is 0 Å². The quantitative estimate of drug-likeness (QED) is 0.701. The number of fused-ring (bicyclic) bond motifs is 2. The highest BCUT2D eigenvalue weighted by atomic mass is 32.2. The molecule has 5 N–H and O–H groups in total. The highest BCUT2D eigenvalue weighted by molar-refractivity contribution is 7.97. The van der Waals surface area contributed by atoms with Gasteiger partial charge in [0.2, 0.25) is 0 Å². The standard InChI is InChI=1S/C13H16N2O.C6H16N2S/c14-13(16)15-12-10-5-1-3-8(10)7-9-4-2-6-11(9)12;1-6(5-9-7)4-8(2)3/h7H,1-6H2,(H3,14,15,16);6H,4-5,7H2,1-3H3. The summed E-state index contributed by atoms with van der Waals surface area (Å²) in [6.07, 6.45) is 6.86. The van der Waals surface area contributed by atoms with Gasteiger partial charge in [-0.1, -0.05) is 24.9 Å². The maximum atomic E-state index is 11.1. The number of carbonyl (C=O) groups is 1. The van der Waals surface area contributed by atoms with Crippen LogP contribution in [0.1, 0.15) is 42.0 Å². The van der Waals surface area contributed by atoms with Crippen LogP contribution in [0.3, 0.4) is 0 Å². The van der Waals surface area contributed by atoms with Crippen molar-refractivity contribution in [2.45, 2.75) is 45.4 Å². The molecule has 2 amide bonds. The maximum Gasteiger partial charge on any atom is 0.316 e. The summed E-state index contributed by atoms with van der Waals surface area (Å²) in [5.74, 6) is 1.76. The lowest BCUT2D eigenvalue weighted by atomic mass is 9.99.